The Hall–Kier alpha value is -0.340. The van der Waals surface area contributed by atoms with Gasteiger partial charge in [-0.15, -0.1) is 0 Å². The molecule has 0 amide bonds. The average Bonchev–Trinajstić information content (AvgIpc) is 2.41. The van der Waals surface area contributed by atoms with E-state index in [1.807, 2.05) is 13.2 Å². The smallest absolute Gasteiger partial charge is 0.243 e. The second-order valence-corrected chi connectivity index (χ2v) is 7.62. The molecule has 21 heavy (non-hydrogen) atoms. The minimum absolute atomic E-state index is 0.194. The second-order valence-electron chi connectivity index (χ2n) is 4.59. The van der Waals surface area contributed by atoms with Crippen LogP contribution in [0.5, 0.6) is 0 Å². The predicted octanol–water partition coefficient (Wildman–Crippen LogP) is 2.62. The topological polar surface area (TPSA) is 58.2 Å². The van der Waals surface area contributed by atoms with Crippen molar-refractivity contribution < 1.29 is 12.8 Å². The fourth-order valence-electron chi connectivity index (χ4n) is 1.85. The summed E-state index contributed by atoms with van der Waals surface area (Å²) in [7, 11) is -2.29. The van der Waals surface area contributed by atoms with Crippen LogP contribution in [0.1, 0.15) is 18.9 Å². The minimum Gasteiger partial charge on any atom is -0.316 e. The molecule has 0 spiro atoms. The van der Waals surface area contributed by atoms with Crippen LogP contribution in [0.2, 0.25) is 5.02 Å². The Morgan fingerprint density at radius 2 is 2.10 bits per heavy atom. The molecule has 0 aromatic heterocycles. The van der Waals surface area contributed by atoms with Crippen LogP contribution >= 0.6 is 23.4 Å². The van der Waals surface area contributed by atoms with Crippen molar-refractivity contribution in [3.63, 3.8) is 0 Å². The van der Waals surface area contributed by atoms with Crippen molar-refractivity contribution in [1.82, 2.24) is 10.0 Å². The molecule has 120 valence electrons. The third-order valence-electron chi connectivity index (χ3n) is 2.92. The zero-order chi connectivity index (χ0) is 16.0. The lowest BCUT2D eigenvalue weighted by Crippen LogP contribution is -2.36. The molecule has 0 radical (unpaired) electrons. The van der Waals surface area contributed by atoms with Gasteiger partial charge in [0.05, 0.1) is 0 Å². The van der Waals surface area contributed by atoms with Crippen molar-refractivity contribution in [3.05, 3.63) is 28.5 Å². The molecule has 0 aliphatic heterocycles. The maximum absolute atomic E-state index is 14.4. The van der Waals surface area contributed by atoms with Crippen molar-refractivity contribution >= 4 is 33.4 Å². The number of sulfonamides is 1. The van der Waals surface area contributed by atoms with E-state index < -0.39 is 20.7 Å². The Morgan fingerprint density at radius 1 is 1.43 bits per heavy atom. The lowest BCUT2D eigenvalue weighted by atomic mass is 10.2. The number of rotatable bonds is 8. The van der Waals surface area contributed by atoms with Gasteiger partial charge in [0.1, 0.15) is 10.7 Å². The van der Waals surface area contributed by atoms with E-state index in [2.05, 4.69) is 10.0 Å². The molecule has 4 nitrogen and oxygen atoms in total. The van der Waals surface area contributed by atoms with E-state index in [4.69, 9.17) is 11.6 Å². The van der Waals surface area contributed by atoms with Crippen LogP contribution in [0.3, 0.4) is 0 Å². The van der Waals surface area contributed by atoms with E-state index in [1.54, 1.807) is 7.05 Å². The number of benzene rings is 1. The molecule has 0 heterocycles. The van der Waals surface area contributed by atoms with Crippen molar-refractivity contribution in [3.8, 4) is 0 Å². The van der Waals surface area contributed by atoms with Crippen molar-refractivity contribution in [2.75, 3.05) is 19.1 Å². The Bertz CT molecular complexity index is 582. The largest absolute Gasteiger partial charge is 0.316 e. The molecule has 0 saturated carbocycles. The Kier molecular flexibility index (Phi) is 7.42. The summed E-state index contributed by atoms with van der Waals surface area (Å²) < 4.78 is 41.6. The van der Waals surface area contributed by atoms with Gasteiger partial charge in [0, 0.05) is 28.9 Å². The average molecular weight is 355 g/mol. The van der Waals surface area contributed by atoms with Gasteiger partial charge in [0.2, 0.25) is 10.0 Å². The molecule has 0 bridgehead atoms. The molecule has 8 heteroatoms. The number of hydrogen-bond acceptors (Lipinski definition) is 4. The summed E-state index contributed by atoms with van der Waals surface area (Å²) in [5, 5.41) is 2.98. The van der Waals surface area contributed by atoms with E-state index in [1.165, 1.54) is 17.8 Å². The molecule has 1 aromatic rings. The van der Waals surface area contributed by atoms with Gasteiger partial charge in [-0.2, -0.15) is 11.8 Å². The number of hydrogen-bond donors (Lipinski definition) is 2. The van der Waals surface area contributed by atoms with Crippen LogP contribution in [0, 0.1) is 5.82 Å². The molecule has 1 unspecified atom stereocenters. The first kappa shape index (κ1) is 18.7. The number of thioether (sulfide) groups is 1. The van der Waals surface area contributed by atoms with Crippen LogP contribution in [-0.2, 0) is 16.6 Å². The summed E-state index contributed by atoms with van der Waals surface area (Å²) in [6.45, 7) is 2.08. The Morgan fingerprint density at radius 3 is 2.62 bits per heavy atom. The predicted molar refractivity (Wildman–Crippen MR) is 87.0 cm³/mol. The highest BCUT2D eigenvalue weighted by Gasteiger charge is 2.24. The molecule has 1 aromatic carbocycles. The summed E-state index contributed by atoms with van der Waals surface area (Å²) in [5.74, 6) is -0.137. The first-order valence-electron chi connectivity index (χ1n) is 6.49. The SMILES string of the molecule is CCC(CSC)NS(=O)(=O)c1cc(Cl)cc(CNC)c1F. The summed E-state index contributed by atoms with van der Waals surface area (Å²) in [5.41, 5.74) is 0.225. The number of nitrogens with one attached hydrogen (secondary N) is 2. The van der Waals surface area contributed by atoms with Crippen LogP contribution < -0.4 is 10.0 Å². The van der Waals surface area contributed by atoms with Gasteiger partial charge in [-0.1, -0.05) is 18.5 Å². The molecule has 0 saturated heterocycles. The third kappa shape index (κ3) is 5.10. The van der Waals surface area contributed by atoms with Gasteiger partial charge in [0.25, 0.3) is 0 Å². The Labute approximate surface area is 134 Å². The van der Waals surface area contributed by atoms with E-state index in [-0.39, 0.29) is 23.2 Å². The maximum Gasteiger partial charge on any atom is 0.243 e. The van der Waals surface area contributed by atoms with Gasteiger partial charge in [-0.3, -0.25) is 0 Å². The fourth-order valence-corrected chi connectivity index (χ4v) is 4.45. The highest BCUT2D eigenvalue weighted by atomic mass is 35.5. The first-order valence-corrected chi connectivity index (χ1v) is 9.75. The van der Waals surface area contributed by atoms with Crippen LogP contribution in [0.25, 0.3) is 0 Å². The van der Waals surface area contributed by atoms with Crippen molar-refractivity contribution in [1.29, 1.82) is 0 Å². The molecular weight excluding hydrogens is 335 g/mol. The molecule has 2 N–H and O–H groups in total. The zero-order valence-corrected chi connectivity index (χ0v) is 14.6. The van der Waals surface area contributed by atoms with Gasteiger partial charge in [-0.05, 0) is 31.9 Å². The van der Waals surface area contributed by atoms with E-state index in [0.717, 1.165) is 6.07 Å². The van der Waals surface area contributed by atoms with Crippen molar-refractivity contribution in [2.45, 2.75) is 30.8 Å². The van der Waals surface area contributed by atoms with Gasteiger partial charge < -0.3 is 5.32 Å². The lowest BCUT2D eigenvalue weighted by molar-refractivity contribution is 0.534. The van der Waals surface area contributed by atoms with E-state index in [9.17, 15) is 12.8 Å². The standard InChI is InChI=1S/C13H20ClFN2O2S2/c1-4-11(8-20-3)17-21(18,19)12-6-10(14)5-9(7-16-2)13(12)15/h5-6,11,16-17H,4,7-8H2,1-3H3. The molecular formula is C13H20ClFN2O2S2. The third-order valence-corrected chi connectivity index (χ3v) is 5.39. The second kappa shape index (κ2) is 8.33. The minimum atomic E-state index is -3.94. The summed E-state index contributed by atoms with van der Waals surface area (Å²) in [6, 6.07) is 2.33. The lowest BCUT2D eigenvalue weighted by Gasteiger charge is -2.17. The van der Waals surface area contributed by atoms with Crippen LogP contribution in [0.15, 0.2) is 17.0 Å². The zero-order valence-electron chi connectivity index (χ0n) is 12.2. The molecule has 0 aliphatic rings. The summed E-state index contributed by atoms with van der Waals surface area (Å²) in [6.07, 6.45) is 2.52. The maximum atomic E-state index is 14.4. The molecule has 0 aliphatic carbocycles. The number of halogens is 2. The molecule has 0 fully saturated rings. The normalized spacial score (nSPS) is 13.4. The van der Waals surface area contributed by atoms with E-state index in [0.29, 0.717) is 12.2 Å². The van der Waals surface area contributed by atoms with Crippen LogP contribution in [-0.4, -0.2) is 33.5 Å². The first-order chi connectivity index (χ1) is 9.85. The quantitative estimate of drug-likeness (QED) is 0.753. The van der Waals surface area contributed by atoms with Gasteiger partial charge in [0.15, 0.2) is 0 Å². The van der Waals surface area contributed by atoms with E-state index >= 15 is 0 Å². The van der Waals surface area contributed by atoms with Gasteiger partial charge >= 0.3 is 0 Å². The van der Waals surface area contributed by atoms with Crippen LogP contribution in [0.4, 0.5) is 4.39 Å². The highest BCUT2D eigenvalue weighted by Crippen LogP contribution is 2.24. The molecule has 1 atom stereocenters. The summed E-state index contributed by atoms with van der Waals surface area (Å²) in [4.78, 5) is -0.403. The fraction of sp³-hybridized carbons (Fsp3) is 0.538. The highest BCUT2D eigenvalue weighted by molar-refractivity contribution is 7.98. The van der Waals surface area contributed by atoms with Gasteiger partial charge in [-0.25, -0.2) is 17.5 Å². The monoisotopic (exact) mass is 354 g/mol. The summed E-state index contributed by atoms with van der Waals surface area (Å²) >= 11 is 7.44. The van der Waals surface area contributed by atoms with Crippen molar-refractivity contribution in [2.24, 2.45) is 0 Å². The molecule has 1 rings (SSSR count). The Balaban J connectivity index is 3.18.